The molecule has 3 aromatic rings. The Bertz CT molecular complexity index is 1000. The SMILES string of the molecule is CCc1ccccc1NC(=O)CSc1nnc(CSc2nc(C)cc(C)n2)n1CC. The van der Waals surface area contributed by atoms with E-state index in [1.165, 1.54) is 11.8 Å². The summed E-state index contributed by atoms with van der Waals surface area (Å²) in [5.41, 5.74) is 3.90. The molecule has 30 heavy (non-hydrogen) atoms. The van der Waals surface area contributed by atoms with Gasteiger partial charge in [0.2, 0.25) is 5.91 Å². The van der Waals surface area contributed by atoms with Crippen molar-refractivity contribution >= 4 is 35.1 Å². The van der Waals surface area contributed by atoms with E-state index in [0.29, 0.717) is 5.75 Å². The third-order valence-corrected chi connectivity index (χ3v) is 6.22. The topological polar surface area (TPSA) is 85.6 Å². The first-order valence-corrected chi connectivity index (χ1v) is 11.8. The average molecular weight is 443 g/mol. The van der Waals surface area contributed by atoms with Crippen LogP contribution in [0.4, 0.5) is 5.69 Å². The van der Waals surface area contributed by atoms with Crippen LogP contribution in [0.15, 0.2) is 40.6 Å². The number of para-hydroxylation sites is 1. The van der Waals surface area contributed by atoms with Gasteiger partial charge in [0.1, 0.15) is 5.82 Å². The van der Waals surface area contributed by atoms with Crippen molar-refractivity contribution in [3.05, 3.63) is 53.1 Å². The number of carbonyl (C=O) groups excluding carboxylic acids is 1. The summed E-state index contributed by atoms with van der Waals surface area (Å²) in [6.45, 7) is 8.79. The summed E-state index contributed by atoms with van der Waals surface area (Å²) in [4.78, 5) is 21.3. The smallest absolute Gasteiger partial charge is 0.234 e. The molecule has 0 spiro atoms. The van der Waals surface area contributed by atoms with E-state index in [4.69, 9.17) is 0 Å². The molecule has 0 aliphatic heterocycles. The first-order valence-electron chi connectivity index (χ1n) is 9.87. The van der Waals surface area contributed by atoms with Crippen molar-refractivity contribution in [2.75, 3.05) is 11.1 Å². The highest BCUT2D eigenvalue weighted by Gasteiger charge is 2.15. The minimum atomic E-state index is -0.0499. The van der Waals surface area contributed by atoms with Gasteiger partial charge in [-0.3, -0.25) is 4.79 Å². The van der Waals surface area contributed by atoms with Crippen LogP contribution in [0.25, 0.3) is 0 Å². The lowest BCUT2D eigenvalue weighted by Crippen LogP contribution is -2.15. The molecule has 0 saturated carbocycles. The van der Waals surface area contributed by atoms with E-state index >= 15 is 0 Å². The Hall–Kier alpha value is -2.39. The molecule has 0 bridgehead atoms. The number of rotatable bonds is 9. The number of hydrogen-bond acceptors (Lipinski definition) is 7. The minimum Gasteiger partial charge on any atom is -0.325 e. The van der Waals surface area contributed by atoms with Gasteiger partial charge in [0.15, 0.2) is 10.3 Å². The van der Waals surface area contributed by atoms with Gasteiger partial charge in [-0.25, -0.2) is 9.97 Å². The maximum Gasteiger partial charge on any atom is 0.234 e. The van der Waals surface area contributed by atoms with Crippen molar-refractivity contribution < 1.29 is 4.79 Å². The molecule has 158 valence electrons. The number of aromatic nitrogens is 5. The second kappa shape index (κ2) is 10.6. The van der Waals surface area contributed by atoms with E-state index in [0.717, 1.165) is 51.7 Å². The summed E-state index contributed by atoms with van der Waals surface area (Å²) in [5.74, 6) is 1.71. The van der Waals surface area contributed by atoms with Gasteiger partial charge < -0.3 is 9.88 Å². The average Bonchev–Trinajstić information content (AvgIpc) is 3.12. The summed E-state index contributed by atoms with van der Waals surface area (Å²) in [7, 11) is 0. The molecule has 7 nitrogen and oxygen atoms in total. The van der Waals surface area contributed by atoms with E-state index in [1.54, 1.807) is 11.8 Å². The fraction of sp³-hybridized carbons (Fsp3) is 0.381. The number of nitrogens with zero attached hydrogens (tertiary/aromatic N) is 5. The summed E-state index contributed by atoms with van der Waals surface area (Å²) < 4.78 is 2.04. The van der Waals surface area contributed by atoms with Gasteiger partial charge in [0, 0.05) is 23.6 Å². The molecule has 0 radical (unpaired) electrons. The number of thioether (sulfide) groups is 2. The summed E-state index contributed by atoms with van der Waals surface area (Å²) in [6.07, 6.45) is 0.874. The van der Waals surface area contributed by atoms with Gasteiger partial charge in [-0.2, -0.15) is 0 Å². The Labute approximate surface area is 185 Å². The van der Waals surface area contributed by atoms with Crippen LogP contribution in [0.3, 0.4) is 0 Å². The quantitative estimate of drug-likeness (QED) is 0.391. The van der Waals surface area contributed by atoms with Crippen LogP contribution in [0.2, 0.25) is 0 Å². The van der Waals surface area contributed by atoms with Crippen LogP contribution in [0, 0.1) is 13.8 Å². The second-order valence-corrected chi connectivity index (χ2v) is 8.60. The highest BCUT2D eigenvalue weighted by Crippen LogP contribution is 2.23. The molecule has 0 unspecified atom stereocenters. The van der Waals surface area contributed by atoms with Crippen molar-refractivity contribution in [2.45, 2.75) is 56.7 Å². The van der Waals surface area contributed by atoms with Crippen LogP contribution in [0.5, 0.6) is 0 Å². The van der Waals surface area contributed by atoms with Gasteiger partial charge in [0.25, 0.3) is 0 Å². The predicted molar refractivity (Wildman–Crippen MR) is 122 cm³/mol. The van der Waals surface area contributed by atoms with Crippen molar-refractivity contribution in [1.82, 2.24) is 24.7 Å². The molecule has 0 fully saturated rings. The van der Waals surface area contributed by atoms with Crippen LogP contribution >= 0.6 is 23.5 Å². The Kier molecular flexibility index (Phi) is 7.87. The van der Waals surface area contributed by atoms with Crippen LogP contribution in [-0.4, -0.2) is 36.4 Å². The molecular formula is C21H26N6OS2. The van der Waals surface area contributed by atoms with E-state index in [2.05, 4.69) is 32.4 Å². The van der Waals surface area contributed by atoms with E-state index in [-0.39, 0.29) is 11.7 Å². The first kappa shape index (κ1) is 22.3. The van der Waals surface area contributed by atoms with Crippen molar-refractivity contribution in [1.29, 1.82) is 0 Å². The van der Waals surface area contributed by atoms with Crippen molar-refractivity contribution in [2.24, 2.45) is 0 Å². The molecule has 0 atom stereocenters. The Morgan fingerprint density at radius 1 is 1.07 bits per heavy atom. The molecule has 3 rings (SSSR count). The number of carbonyl (C=O) groups is 1. The molecule has 1 amide bonds. The fourth-order valence-corrected chi connectivity index (χ4v) is 4.71. The summed E-state index contributed by atoms with van der Waals surface area (Å²) in [5, 5.41) is 13.1. The summed E-state index contributed by atoms with van der Waals surface area (Å²) >= 11 is 2.94. The van der Waals surface area contributed by atoms with Crippen molar-refractivity contribution in [3.8, 4) is 0 Å². The highest BCUT2D eigenvalue weighted by atomic mass is 32.2. The lowest BCUT2D eigenvalue weighted by Gasteiger charge is -2.10. The lowest BCUT2D eigenvalue weighted by molar-refractivity contribution is -0.113. The van der Waals surface area contributed by atoms with Crippen LogP contribution in [0.1, 0.15) is 36.6 Å². The Balaban J connectivity index is 1.60. The zero-order valence-corrected chi connectivity index (χ0v) is 19.3. The van der Waals surface area contributed by atoms with Gasteiger partial charge in [-0.15, -0.1) is 10.2 Å². The maximum atomic E-state index is 12.4. The number of aryl methyl sites for hydroxylation is 3. The van der Waals surface area contributed by atoms with E-state index in [1.807, 2.05) is 55.7 Å². The Morgan fingerprint density at radius 2 is 1.80 bits per heavy atom. The zero-order chi connectivity index (χ0) is 21.5. The van der Waals surface area contributed by atoms with Gasteiger partial charge in [-0.1, -0.05) is 48.6 Å². The second-order valence-electron chi connectivity index (χ2n) is 6.71. The molecule has 0 aliphatic carbocycles. The molecular weight excluding hydrogens is 416 g/mol. The molecule has 0 saturated heterocycles. The molecule has 0 aliphatic rings. The highest BCUT2D eigenvalue weighted by molar-refractivity contribution is 7.99. The number of hydrogen-bond donors (Lipinski definition) is 1. The van der Waals surface area contributed by atoms with E-state index in [9.17, 15) is 4.79 Å². The largest absolute Gasteiger partial charge is 0.325 e. The van der Waals surface area contributed by atoms with Crippen LogP contribution < -0.4 is 5.32 Å². The summed E-state index contributed by atoms with van der Waals surface area (Å²) in [6, 6.07) is 9.83. The first-order chi connectivity index (χ1) is 14.5. The Morgan fingerprint density at radius 3 is 2.50 bits per heavy atom. The lowest BCUT2D eigenvalue weighted by atomic mass is 10.1. The van der Waals surface area contributed by atoms with Gasteiger partial charge in [0.05, 0.1) is 11.5 Å². The third kappa shape index (κ3) is 5.82. The zero-order valence-electron chi connectivity index (χ0n) is 17.7. The predicted octanol–water partition coefficient (Wildman–Crippen LogP) is 4.29. The number of nitrogens with one attached hydrogen (secondary N) is 1. The normalized spacial score (nSPS) is 10.9. The molecule has 2 heterocycles. The van der Waals surface area contributed by atoms with Crippen LogP contribution in [-0.2, 0) is 23.5 Å². The number of amides is 1. The number of anilines is 1. The molecule has 1 N–H and O–H groups in total. The fourth-order valence-electron chi connectivity index (χ4n) is 3.00. The molecule has 1 aromatic carbocycles. The minimum absolute atomic E-state index is 0.0499. The molecule has 2 aromatic heterocycles. The van der Waals surface area contributed by atoms with Gasteiger partial charge >= 0.3 is 0 Å². The van der Waals surface area contributed by atoms with E-state index < -0.39 is 0 Å². The molecule has 9 heteroatoms. The number of benzene rings is 1. The third-order valence-electron chi connectivity index (χ3n) is 4.41. The monoisotopic (exact) mass is 442 g/mol. The standard InChI is InChI=1S/C21H26N6OS2/c1-5-16-9-7-8-10-17(16)24-19(28)13-30-21-26-25-18(27(21)6-2)12-29-20-22-14(3)11-15(4)23-20/h7-11H,5-6,12-13H2,1-4H3,(H,24,28). The maximum absolute atomic E-state index is 12.4. The van der Waals surface area contributed by atoms with Gasteiger partial charge in [-0.05, 0) is 44.9 Å². The van der Waals surface area contributed by atoms with Crippen molar-refractivity contribution in [3.63, 3.8) is 0 Å².